The number of carbonyl (C=O) groups excluding carboxylic acids is 2. The Morgan fingerprint density at radius 2 is 0.769 bits per heavy atom. The summed E-state index contributed by atoms with van der Waals surface area (Å²) in [6, 6.07) is 0. The third-order valence-electron chi connectivity index (χ3n) is 2.83. The molecule has 14 heteroatoms. The smallest absolute Gasteiger partial charge is 0.335 e. The standard InChI is InChI=1S/2C6H10O7/c2*7-1-2(8)3(9)4(10)5(11)6(12)13/h2*1-5,8-11H,(H,12,13)/t2-,3+,4+,5-;2-,3+,4-,5-/m00/s1. The number of carboxylic acids is 2. The van der Waals surface area contributed by atoms with Gasteiger partial charge in [0, 0.05) is 0 Å². The summed E-state index contributed by atoms with van der Waals surface area (Å²) in [6.07, 6.45) is -16.8. The summed E-state index contributed by atoms with van der Waals surface area (Å²) in [4.78, 5) is 39.9. The van der Waals surface area contributed by atoms with Crippen molar-refractivity contribution < 1.29 is 70.2 Å². The SMILES string of the molecule is O=C[C@H](O)[C@@H](O)[C@@H](O)[C@H](O)C(=O)O.O=C[C@H](O)[C@@H](O)[C@H](O)[C@H](O)C(=O)O. The number of hydrogen-bond acceptors (Lipinski definition) is 12. The molecular weight excluding hydrogens is 368 g/mol. The van der Waals surface area contributed by atoms with Crippen molar-refractivity contribution in [2.75, 3.05) is 0 Å². The van der Waals surface area contributed by atoms with Gasteiger partial charge in [-0.15, -0.1) is 0 Å². The first-order chi connectivity index (χ1) is 11.8. The highest BCUT2D eigenvalue weighted by Crippen LogP contribution is 2.04. The van der Waals surface area contributed by atoms with E-state index in [-0.39, 0.29) is 12.6 Å². The second-order valence-corrected chi connectivity index (χ2v) is 4.78. The molecule has 0 bridgehead atoms. The fourth-order valence-electron chi connectivity index (χ4n) is 1.23. The molecule has 0 saturated carbocycles. The van der Waals surface area contributed by atoms with Crippen LogP contribution in [-0.2, 0) is 19.2 Å². The molecule has 10 N–H and O–H groups in total. The molecule has 8 atom stereocenters. The van der Waals surface area contributed by atoms with Gasteiger partial charge in [-0.25, -0.2) is 9.59 Å². The van der Waals surface area contributed by atoms with Crippen LogP contribution in [0.1, 0.15) is 0 Å². The van der Waals surface area contributed by atoms with Crippen molar-refractivity contribution in [3.05, 3.63) is 0 Å². The lowest BCUT2D eigenvalue weighted by molar-refractivity contribution is -0.164. The molecule has 0 rings (SSSR count). The molecule has 0 aromatic heterocycles. The van der Waals surface area contributed by atoms with Gasteiger partial charge >= 0.3 is 11.9 Å². The van der Waals surface area contributed by atoms with Gasteiger partial charge in [0.15, 0.2) is 24.8 Å². The fraction of sp³-hybridized carbons (Fsp3) is 0.667. The average molecular weight is 388 g/mol. The second kappa shape index (κ2) is 12.3. The van der Waals surface area contributed by atoms with Crippen LogP contribution < -0.4 is 0 Å². The number of aliphatic hydroxyl groups excluding tert-OH is 8. The quantitative estimate of drug-likeness (QED) is 0.156. The minimum absolute atomic E-state index is 0.0809. The summed E-state index contributed by atoms with van der Waals surface area (Å²) in [7, 11) is 0. The molecule has 152 valence electrons. The lowest BCUT2D eigenvalue weighted by Gasteiger charge is -2.21. The number of rotatable bonds is 10. The Morgan fingerprint density at radius 1 is 0.538 bits per heavy atom. The first kappa shape index (κ1) is 26.2. The highest BCUT2D eigenvalue weighted by Gasteiger charge is 2.34. The van der Waals surface area contributed by atoms with E-state index in [9.17, 15) is 19.2 Å². The van der Waals surface area contributed by atoms with Crippen molar-refractivity contribution in [1.82, 2.24) is 0 Å². The van der Waals surface area contributed by atoms with Crippen molar-refractivity contribution in [3.8, 4) is 0 Å². The summed E-state index contributed by atoms with van der Waals surface area (Å²) in [6.45, 7) is 0. The Morgan fingerprint density at radius 3 is 0.923 bits per heavy atom. The zero-order valence-corrected chi connectivity index (χ0v) is 12.9. The van der Waals surface area contributed by atoms with Gasteiger partial charge in [0.05, 0.1) is 0 Å². The molecule has 0 spiro atoms. The molecule has 0 aromatic rings. The minimum atomic E-state index is -2.25. The van der Waals surface area contributed by atoms with Crippen molar-refractivity contribution in [2.24, 2.45) is 0 Å². The Kier molecular flexibility index (Phi) is 12.4. The molecule has 0 aromatic carbocycles. The van der Waals surface area contributed by atoms with E-state index in [2.05, 4.69) is 0 Å². The number of carbonyl (C=O) groups is 4. The molecular formula is C12H20O14. The first-order valence-electron chi connectivity index (χ1n) is 6.64. The van der Waals surface area contributed by atoms with Crippen LogP contribution in [0.5, 0.6) is 0 Å². The van der Waals surface area contributed by atoms with Crippen molar-refractivity contribution >= 4 is 24.5 Å². The molecule has 0 aliphatic heterocycles. The van der Waals surface area contributed by atoms with Crippen LogP contribution in [0.2, 0.25) is 0 Å². The van der Waals surface area contributed by atoms with E-state index in [0.29, 0.717) is 0 Å². The van der Waals surface area contributed by atoms with Gasteiger partial charge < -0.3 is 60.7 Å². The predicted octanol–water partition coefficient (Wildman–Crippen LogP) is -6.57. The summed E-state index contributed by atoms with van der Waals surface area (Å²) >= 11 is 0. The summed E-state index contributed by atoms with van der Waals surface area (Å²) < 4.78 is 0. The van der Waals surface area contributed by atoms with Crippen LogP contribution in [0, 0.1) is 0 Å². The monoisotopic (exact) mass is 388 g/mol. The van der Waals surface area contributed by atoms with Crippen molar-refractivity contribution in [3.63, 3.8) is 0 Å². The molecule has 0 aliphatic rings. The Balaban J connectivity index is 0. The van der Waals surface area contributed by atoms with Crippen LogP contribution in [0.15, 0.2) is 0 Å². The molecule has 0 heterocycles. The van der Waals surface area contributed by atoms with Crippen molar-refractivity contribution in [1.29, 1.82) is 0 Å². The van der Waals surface area contributed by atoms with Gasteiger partial charge in [0.25, 0.3) is 0 Å². The van der Waals surface area contributed by atoms with Gasteiger partial charge in [-0.05, 0) is 0 Å². The maximum atomic E-state index is 10.1. The van der Waals surface area contributed by atoms with E-state index < -0.39 is 60.8 Å². The van der Waals surface area contributed by atoms with Crippen LogP contribution >= 0.6 is 0 Å². The van der Waals surface area contributed by atoms with E-state index in [1.165, 1.54) is 0 Å². The Labute approximate surface area is 144 Å². The van der Waals surface area contributed by atoms with Gasteiger partial charge in [-0.3, -0.25) is 0 Å². The number of aldehydes is 2. The molecule has 0 radical (unpaired) electrons. The van der Waals surface area contributed by atoms with E-state index >= 15 is 0 Å². The van der Waals surface area contributed by atoms with Crippen LogP contribution in [0.4, 0.5) is 0 Å². The lowest BCUT2D eigenvalue weighted by atomic mass is 10.0. The van der Waals surface area contributed by atoms with E-state index in [4.69, 9.17) is 51.1 Å². The Hall–Kier alpha value is -2.04. The maximum Gasteiger partial charge on any atom is 0.335 e. The normalized spacial score (nSPS) is 20.0. The van der Waals surface area contributed by atoms with Gasteiger partial charge in [0.1, 0.15) is 36.6 Å². The number of aliphatic carboxylic acids is 2. The van der Waals surface area contributed by atoms with Gasteiger partial charge in [0.2, 0.25) is 0 Å². The number of hydrogen-bond donors (Lipinski definition) is 10. The van der Waals surface area contributed by atoms with E-state index in [0.717, 1.165) is 0 Å². The third kappa shape index (κ3) is 8.37. The van der Waals surface area contributed by atoms with Crippen LogP contribution in [0.3, 0.4) is 0 Å². The maximum absolute atomic E-state index is 10.1. The van der Waals surface area contributed by atoms with E-state index in [1.54, 1.807) is 0 Å². The largest absolute Gasteiger partial charge is 0.479 e. The fourth-order valence-corrected chi connectivity index (χ4v) is 1.23. The highest BCUT2D eigenvalue weighted by molar-refractivity contribution is 5.73. The molecule has 0 amide bonds. The Bertz CT molecular complexity index is 425. The zero-order chi connectivity index (χ0) is 21.2. The molecule has 0 fully saturated rings. The van der Waals surface area contributed by atoms with Gasteiger partial charge in [-0.2, -0.15) is 0 Å². The summed E-state index contributed by atoms with van der Waals surface area (Å²) in [5.74, 6) is -3.52. The average Bonchev–Trinajstić information content (AvgIpc) is 2.62. The topological polar surface area (TPSA) is 271 Å². The third-order valence-corrected chi connectivity index (χ3v) is 2.83. The molecule has 0 saturated heterocycles. The summed E-state index contributed by atoms with van der Waals surface area (Å²) in [5, 5.41) is 86.4. The minimum Gasteiger partial charge on any atom is -0.479 e. The van der Waals surface area contributed by atoms with Crippen LogP contribution in [-0.4, -0.2) is 124 Å². The molecule has 26 heavy (non-hydrogen) atoms. The number of carboxylic acid groups (broad SMARTS) is 2. The molecule has 0 aliphatic carbocycles. The predicted molar refractivity (Wildman–Crippen MR) is 75.5 cm³/mol. The van der Waals surface area contributed by atoms with Crippen molar-refractivity contribution in [2.45, 2.75) is 48.8 Å². The van der Waals surface area contributed by atoms with E-state index in [1.807, 2.05) is 0 Å². The summed E-state index contributed by atoms with van der Waals surface area (Å²) in [5.41, 5.74) is 0. The zero-order valence-electron chi connectivity index (χ0n) is 12.9. The highest BCUT2D eigenvalue weighted by atomic mass is 16.4. The second-order valence-electron chi connectivity index (χ2n) is 4.78. The van der Waals surface area contributed by atoms with Gasteiger partial charge in [-0.1, -0.05) is 0 Å². The number of aliphatic hydroxyl groups is 8. The lowest BCUT2D eigenvalue weighted by Crippen LogP contribution is -2.48. The molecule has 0 unspecified atom stereocenters. The first-order valence-corrected chi connectivity index (χ1v) is 6.64. The molecule has 14 nitrogen and oxygen atoms in total. The van der Waals surface area contributed by atoms with Crippen LogP contribution in [0.25, 0.3) is 0 Å².